The zero-order chi connectivity index (χ0) is 9.68. The standard InChI is InChI=1S/C8H11N2O2P/c9-7-1-3-8(4-2-7)10-5-6-13(11)12/h1-4,10H,5-6,9H2. The molecule has 0 amide bonds. The van der Waals surface area contributed by atoms with E-state index in [2.05, 4.69) is 5.32 Å². The Morgan fingerprint density at radius 1 is 1.38 bits per heavy atom. The summed E-state index contributed by atoms with van der Waals surface area (Å²) in [5, 5.41) is 2.96. The Hall–Kier alpha value is -1.12. The van der Waals surface area contributed by atoms with E-state index in [4.69, 9.17) is 5.73 Å². The highest BCUT2D eigenvalue weighted by Gasteiger charge is 1.98. The lowest BCUT2D eigenvalue weighted by Gasteiger charge is -2.02. The Morgan fingerprint density at radius 3 is 2.54 bits per heavy atom. The molecule has 0 aliphatic rings. The second kappa shape index (κ2) is 4.80. The van der Waals surface area contributed by atoms with Gasteiger partial charge in [0.15, 0.2) is 6.16 Å². The van der Waals surface area contributed by atoms with Crippen LogP contribution in [0.15, 0.2) is 24.3 Å². The lowest BCUT2D eigenvalue weighted by atomic mass is 10.3. The van der Waals surface area contributed by atoms with Crippen molar-refractivity contribution >= 4 is 19.4 Å². The maximum absolute atomic E-state index is 10.2. The van der Waals surface area contributed by atoms with E-state index in [1.54, 1.807) is 12.1 Å². The van der Waals surface area contributed by atoms with Crippen LogP contribution >= 0.6 is 8.03 Å². The molecule has 0 spiro atoms. The minimum Gasteiger partial charge on any atom is -0.596 e. The van der Waals surface area contributed by atoms with Gasteiger partial charge in [0.2, 0.25) is 0 Å². The average Bonchev–Trinajstić information content (AvgIpc) is 2.08. The average molecular weight is 198 g/mol. The number of hydrogen-bond acceptors (Lipinski definition) is 4. The van der Waals surface area contributed by atoms with E-state index >= 15 is 0 Å². The van der Waals surface area contributed by atoms with Gasteiger partial charge in [-0.25, -0.2) is 0 Å². The first-order valence-corrected chi connectivity index (χ1v) is 5.26. The molecule has 1 rings (SSSR count). The van der Waals surface area contributed by atoms with E-state index in [9.17, 15) is 9.46 Å². The molecule has 0 bridgehead atoms. The fraction of sp³-hybridized carbons (Fsp3) is 0.250. The fourth-order valence-electron chi connectivity index (χ4n) is 0.892. The first-order valence-electron chi connectivity index (χ1n) is 3.89. The molecule has 0 aliphatic heterocycles. The van der Waals surface area contributed by atoms with Crippen LogP contribution in [0.2, 0.25) is 0 Å². The second-order valence-corrected chi connectivity index (χ2v) is 3.72. The van der Waals surface area contributed by atoms with E-state index in [1.807, 2.05) is 12.1 Å². The van der Waals surface area contributed by atoms with Crippen LogP contribution in [0.1, 0.15) is 0 Å². The maximum Gasteiger partial charge on any atom is 0.310 e. The van der Waals surface area contributed by atoms with E-state index < -0.39 is 8.03 Å². The SMILES string of the molecule is Nc1ccc(NCC[P+](=O)[O-])cc1. The molecule has 1 atom stereocenters. The lowest BCUT2D eigenvalue weighted by Crippen LogP contribution is -2.06. The summed E-state index contributed by atoms with van der Waals surface area (Å²) >= 11 is 0. The van der Waals surface area contributed by atoms with E-state index in [0.29, 0.717) is 12.2 Å². The predicted octanol–water partition coefficient (Wildman–Crippen LogP) is 0.783. The molecule has 3 N–H and O–H groups in total. The summed E-state index contributed by atoms with van der Waals surface area (Å²) in [6.07, 6.45) is 0.152. The largest absolute Gasteiger partial charge is 0.596 e. The molecule has 0 saturated carbocycles. The summed E-state index contributed by atoms with van der Waals surface area (Å²) in [5.41, 5.74) is 7.05. The number of nitrogen functional groups attached to an aromatic ring is 1. The van der Waals surface area contributed by atoms with Crippen LogP contribution in [-0.4, -0.2) is 12.7 Å². The predicted molar refractivity (Wildman–Crippen MR) is 51.8 cm³/mol. The van der Waals surface area contributed by atoms with Gasteiger partial charge in [-0.2, -0.15) is 0 Å². The van der Waals surface area contributed by atoms with Gasteiger partial charge in [-0.15, -0.1) is 0 Å². The monoisotopic (exact) mass is 198 g/mol. The fourth-order valence-corrected chi connectivity index (χ4v) is 1.19. The van der Waals surface area contributed by atoms with Gasteiger partial charge < -0.3 is 15.9 Å². The van der Waals surface area contributed by atoms with Crippen LogP contribution in [0.5, 0.6) is 0 Å². The number of nitrogens with two attached hydrogens (primary N) is 1. The maximum atomic E-state index is 10.2. The second-order valence-electron chi connectivity index (χ2n) is 2.61. The normalized spacial score (nSPS) is 11.0. The molecule has 0 saturated heterocycles. The summed E-state index contributed by atoms with van der Waals surface area (Å²) < 4.78 is 10.2. The molecule has 0 aromatic heterocycles. The summed E-state index contributed by atoms with van der Waals surface area (Å²) in [6, 6.07) is 7.15. The minimum absolute atomic E-state index is 0.152. The molecule has 0 radical (unpaired) electrons. The van der Waals surface area contributed by atoms with E-state index in [0.717, 1.165) is 5.69 Å². The van der Waals surface area contributed by atoms with Crippen molar-refractivity contribution in [1.82, 2.24) is 0 Å². The highest BCUT2D eigenvalue weighted by molar-refractivity contribution is 7.36. The Balaban J connectivity index is 2.37. The van der Waals surface area contributed by atoms with Crippen molar-refractivity contribution in [3.8, 4) is 0 Å². The first kappa shape index (κ1) is 9.96. The summed E-state index contributed by atoms with van der Waals surface area (Å²) in [7, 11) is -2.29. The van der Waals surface area contributed by atoms with Gasteiger partial charge in [-0.1, -0.05) is 4.57 Å². The Kier molecular flexibility index (Phi) is 3.68. The third-order valence-corrected chi connectivity index (χ3v) is 2.12. The third kappa shape index (κ3) is 3.87. The molecule has 1 aromatic rings. The van der Waals surface area contributed by atoms with Crippen molar-refractivity contribution in [3.63, 3.8) is 0 Å². The van der Waals surface area contributed by atoms with Crippen LogP contribution in [-0.2, 0) is 4.57 Å². The summed E-state index contributed by atoms with van der Waals surface area (Å²) in [6.45, 7) is 0.433. The van der Waals surface area contributed by atoms with Crippen molar-refractivity contribution < 1.29 is 9.46 Å². The van der Waals surface area contributed by atoms with Crippen LogP contribution < -0.4 is 15.9 Å². The number of rotatable bonds is 4. The van der Waals surface area contributed by atoms with Gasteiger partial charge in [0.05, 0.1) is 6.54 Å². The number of nitrogens with one attached hydrogen (secondary N) is 1. The van der Waals surface area contributed by atoms with Crippen LogP contribution in [0.25, 0.3) is 0 Å². The van der Waals surface area contributed by atoms with Crippen molar-refractivity contribution in [2.75, 3.05) is 23.8 Å². The molecular formula is C8H11N2O2P. The topological polar surface area (TPSA) is 78.2 Å². The summed E-state index contributed by atoms with van der Waals surface area (Å²) in [5.74, 6) is 0. The van der Waals surface area contributed by atoms with Gasteiger partial charge >= 0.3 is 8.03 Å². The molecule has 0 heterocycles. The summed E-state index contributed by atoms with van der Waals surface area (Å²) in [4.78, 5) is 10.2. The van der Waals surface area contributed by atoms with Crippen molar-refractivity contribution in [3.05, 3.63) is 24.3 Å². The van der Waals surface area contributed by atoms with Crippen LogP contribution in [0.4, 0.5) is 11.4 Å². The molecule has 70 valence electrons. The molecule has 5 heteroatoms. The van der Waals surface area contributed by atoms with Crippen molar-refractivity contribution in [2.45, 2.75) is 0 Å². The highest BCUT2D eigenvalue weighted by Crippen LogP contribution is 2.11. The van der Waals surface area contributed by atoms with E-state index in [1.165, 1.54) is 0 Å². The lowest BCUT2D eigenvalue weighted by molar-refractivity contribution is -0.164. The van der Waals surface area contributed by atoms with Gasteiger partial charge in [0.1, 0.15) is 0 Å². The highest BCUT2D eigenvalue weighted by atomic mass is 31.1. The molecule has 1 unspecified atom stereocenters. The van der Waals surface area contributed by atoms with Crippen LogP contribution in [0.3, 0.4) is 0 Å². The number of anilines is 2. The van der Waals surface area contributed by atoms with E-state index in [-0.39, 0.29) is 6.16 Å². The molecule has 1 aromatic carbocycles. The van der Waals surface area contributed by atoms with Crippen molar-refractivity contribution in [1.29, 1.82) is 0 Å². The first-order chi connectivity index (χ1) is 6.18. The Morgan fingerprint density at radius 2 is 2.00 bits per heavy atom. The number of benzene rings is 1. The molecule has 0 aliphatic carbocycles. The molecular weight excluding hydrogens is 187 g/mol. The van der Waals surface area contributed by atoms with Gasteiger partial charge in [0, 0.05) is 11.4 Å². The van der Waals surface area contributed by atoms with Crippen LogP contribution in [0, 0.1) is 0 Å². The van der Waals surface area contributed by atoms with Gasteiger partial charge in [0.25, 0.3) is 0 Å². The van der Waals surface area contributed by atoms with Gasteiger partial charge in [-0.05, 0) is 24.3 Å². The van der Waals surface area contributed by atoms with Crippen molar-refractivity contribution in [2.24, 2.45) is 0 Å². The zero-order valence-electron chi connectivity index (χ0n) is 7.06. The smallest absolute Gasteiger partial charge is 0.310 e. The molecule has 13 heavy (non-hydrogen) atoms. The molecule has 0 fully saturated rings. The Bertz CT molecular complexity index is 287. The third-order valence-electron chi connectivity index (χ3n) is 1.53. The quantitative estimate of drug-likeness (QED) is 0.553. The molecule has 4 nitrogen and oxygen atoms in total. The van der Waals surface area contributed by atoms with Gasteiger partial charge in [-0.3, -0.25) is 0 Å². The minimum atomic E-state index is -2.29. The number of hydrogen-bond donors (Lipinski definition) is 2. The Labute approximate surface area is 77.6 Å². The zero-order valence-corrected chi connectivity index (χ0v) is 7.96.